The molecule has 0 aromatic carbocycles. The van der Waals surface area contributed by atoms with Gasteiger partial charge in [-0.3, -0.25) is 0 Å². The molecule has 0 bridgehead atoms. The first-order chi connectivity index (χ1) is 9.57. The SMILES string of the molecule is CCCCCCCCCCCCC(OC(C)C)C(=O)O. The van der Waals surface area contributed by atoms with E-state index in [9.17, 15) is 4.79 Å². The van der Waals surface area contributed by atoms with E-state index in [1.54, 1.807) is 0 Å². The average Bonchev–Trinajstić information content (AvgIpc) is 2.39. The summed E-state index contributed by atoms with van der Waals surface area (Å²) in [5, 5.41) is 9.04. The van der Waals surface area contributed by atoms with E-state index >= 15 is 0 Å². The van der Waals surface area contributed by atoms with Gasteiger partial charge in [0.1, 0.15) is 0 Å². The van der Waals surface area contributed by atoms with Crippen LogP contribution in [0.15, 0.2) is 0 Å². The second-order valence-corrected chi connectivity index (χ2v) is 5.98. The fraction of sp³-hybridized carbons (Fsp3) is 0.941. The molecule has 1 N–H and O–H groups in total. The molecule has 20 heavy (non-hydrogen) atoms. The molecule has 0 aliphatic rings. The van der Waals surface area contributed by atoms with Crippen molar-refractivity contribution in [1.82, 2.24) is 0 Å². The first kappa shape index (κ1) is 19.4. The summed E-state index contributed by atoms with van der Waals surface area (Å²) in [6.07, 6.45) is 12.7. The molecule has 120 valence electrons. The Morgan fingerprint density at radius 2 is 1.35 bits per heavy atom. The Bertz CT molecular complexity index is 226. The van der Waals surface area contributed by atoms with Crippen molar-refractivity contribution < 1.29 is 14.6 Å². The summed E-state index contributed by atoms with van der Waals surface area (Å²) in [6, 6.07) is 0. The molecule has 0 aliphatic heterocycles. The maximum Gasteiger partial charge on any atom is 0.332 e. The van der Waals surface area contributed by atoms with Crippen molar-refractivity contribution in [3.05, 3.63) is 0 Å². The fourth-order valence-corrected chi connectivity index (χ4v) is 2.40. The minimum atomic E-state index is -0.824. The normalized spacial score (nSPS) is 12.8. The van der Waals surface area contributed by atoms with E-state index in [1.165, 1.54) is 51.4 Å². The van der Waals surface area contributed by atoms with Crippen LogP contribution in [0, 0.1) is 0 Å². The zero-order valence-corrected chi connectivity index (χ0v) is 13.7. The number of carboxylic acids is 1. The van der Waals surface area contributed by atoms with Crippen LogP contribution in [0.4, 0.5) is 0 Å². The van der Waals surface area contributed by atoms with Gasteiger partial charge in [-0.1, -0.05) is 71.1 Å². The Kier molecular flexibility index (Phi) is 13.0. The van der Waals surface area contributed by atoms with Crippen molar-refractivity contribution in [3.63, 3.8) is 0 Å². The molecule has 0 fully saturated rings. The van der Waals surface area contributed by atoms with E-state index in [4.69, 9.17) is 9.84 Å². The van der Waals surface area contributed by atoms with Crippen LogP contribution in [-0.4, -0.2) is 23.3 Å². The van der Waals surface area contributed by atoms with E-state index in [0.717, 1.165) is 12.8 Å². The highest BCUT2D eigenvalue weighted by Crippen LogP contribution is 2.13. The summed E-state index contributed by atoms with van der Waals surface area (Å²) in [4.78, 5) is 11.0. The number of hydrogen-bond acceptors (Lipinski definition) is 2. The number of carbonyl (C=O) groups is 1. The lowest BCUT2D eigenvalue weighted by Gasteiger charge is -2.16. The second kappa shape index (κ2) is 13.4. The molecule has 0 saturated carbocycles. The number of hydrogen-bond donors (Lipinski definition) is 1. The minimum absolute atomic E-state index is 0.0146. The Morgan fingerprint density at radius 3 is 1.75 bits per heavy atom. The molecule has 0 rings (SSSR count). The number of unbranched alkanes of at least 4 members (excludes halogenated alkanes) is 9. The summed E-state index contributed by atoms with van der Waals surface area (Å²) in [5.74, 6) is -0.824. The van der Waals surface area contributed by atoms with Gasteiger partial charge < -0.3 is 9.84 Å². The van der Waals surface area contributed by atoms with Crippen LogP contribution in [0.5, 0.6) is 0 Å². The van der Waals surface area contributed by atoms with Crippen LogP contribution in [0.2, 0.25) is 0 Å². The molecule has 3 heteroatoms. The second-order valence-electron chi connectivity index (χ2n) is 5.98. The van der Waals surface area contributed by atoms with Crippen LogP contribution in [-0.2, 0) is 9.53 Å². The summed E-state index contributed by atoms with van der Waals surface area (Å²) in [5.41, 5.74) is 0. The van der Waals surface area contributed by atoms with Gasteiger partial charge in [-0.15, -0.1) is 0 Å². The van der Waals surface area contributed by atoms with Gasteiger partial charge in [0, 0.05) is 0 Å². The monoisotopic (exact) mass is 286 g/mol. The van der Waals surface area contributed by atoms with E-state index in [0.29, 0.717) is 6.42 Å². The molecule has 0 amide bonds. The maximum absolute atomic E-state index is 11.0. The van der Waals surface area contributed by atoms with E-state index in [-0.39, 0.29) is 6.10 Å². The highest BCUT2D eigenvalue weighted by atomic mass is 16.5. The van der Waals surface area contributed by atoms with Gasteiger partial charge in [0.05, 0.1) is 6.10 Å². The van der Waals surface area contributed by atoms with Crippen molar-refractivity contribution in [2.45, 2.75) is 104 Å². The predicted octanol–water partition coefficient (Wildman–Crippen LogP) is 5.18. The Morgan fingerprint density at radius 1 is 0.900 bits per heavy atom. The van der Waals surface area contributed by atoms with Crippen molar-refractivity contribution in [2.24, 2.45) is 0 Å². The van der Waals surface area contributed by atoms with Gasteiger partial charge in [-0.25, -0.2) is 4.79 Å². The first-order valence-electron chi connectivity index (χ1n) is 8.46. The number of aliphatic carboxylic acids is 1. The Balaban J connectivity index is 3.39. The molecule has 0 saturated heterocycles. The lowest BCUT2D eigenvalue weighted by atomic mass is 10.0. The third-order valence-corrected chi connectivity index (χ3v) is 3.53. The number of rotatable bonds is 14. The molecule has 0 aromatic rings. The zero-order chi connectivity index (χ0) is 15.2. The molecule has 3 nitrogen and oxygen atoms in total. The van der Waals surface area contributed by atoms with E-state index in [1.807, 2.05) is 13.8 Å². The third kappa shape index (κ3) is 12.5. The smallest absolute Gasteiger partial charge is 0.332 e. The molecule has 0 spiro atoms. The van der Waals surface area contributed by atoms with Crippen LogP contribution in [0.1, 0.15) is 91.4 Å². The minimum Gasteiger partial charge on any atom is -0.479 e. The van der Waals surface area contributed by atoms with Gasteiger partial charge >= 0.3 is 5.97 Å². The number of ether oxygens (including phenoxy) is 1. The average molecular weight is 286 g/mol. The molecule has 1 atom stereocenters. The van der Waals surface area contributed by atoms with Crippen molar-refractivity contribution in [2.75, 3.05) is 0 Å². The van der Waals surface area contributed by atoms with E-state index in [2.05, 4.69) is 6.92 Å². The maximum atomic E-state index is 11.0. The molecular formula is C17H34O3. The Hall–Kier alpha value is -0.570. The highest BCUT2D eigenvalue weighted by molar-refractivity contribution is 5.72. The molecule has 0 aliphatic carbocycles. The van der Waals surface area contributed by atoms with Crippen LogP contribution in [0.25, 0.3) is 0 Å². The van der Waals surface area contributed by atoms with Crippen LogP contribution >= 0.6 is 0 Å². The first-order valence-corrected chi connectivity index (χ1v) is 8.46. The molecule has 1 unspecified atom stereocenters. The third-order valence-electron chi connectivity index (χ3n) is 3.53. The highest BCUT2D eigenvalue weighted by Gasteiger charge is 2.18. The molecule has 0 radical (unpaired) electrons. The number of carboxylic acid groups (broad SMARTS) is 1. The lowest BCUT2D eigenvalue weighted by Crippen LogP contribution is -2.26. The van der Waals surface area contributed by atoms with E-state index < -0.39 is 12.1 Å². The quantitative estimate of drug-likeness (QED) is 0.448. The largest absolute Gasteiger partial charge is 0.479 e. The summed E-state index contributed by atoms with van der Waals surface area (Å²) >= 11 is 0. The van der Waals surface area contributed by atoms with Crippen LogP contribution < -0.4 is 0 Å². The molecule has 0 aromatic heterocycles. The van der Waals surface area contributed by atoms with Gasteiger partial charge in [0.15, 0.2) is 6.10 Å². The van der Waals surface area contributed by atoms with Gasteiger partial charge in [0.2, 0.25) is 0 Å². The summed E-state index contributed by atoms with van der Waals surface area (Å²) in [7, 11) is 0. The molecule has 0 heterocycles. The van der Waals surface area contributed by atoms with Gasteiger partial charge in [-0.2, -0.15) is 0 Å². The van der Waals surface area contributed by atoms with Crippen molar-refractivity contribution >= 4 is 5.97 Å². The van der Waals surface area contributed by atoms with Crippen LogP contribution in [0.3, 0.4) is 0 Å². The van der Waals surface area contributed by atoms with Crippen molar-refractivity contribution in [1.29, 1.82) is 0 Å². The Labute approximate surface area is 125 Å². The standard InChI is InChI=1S/C17H34O3/c1-4-5-6-7-8-9-10-11-12-13-14-16(17(18)19)20-15(2)3/h15-16H,4-14H2,1-3H3,(H,18,19). The lowest BCUT2D eigenvalue weighted by molar-refractivity contribution is -0.153. The summed E-state index contributed by atoms with van der Waals surface area (Å²) < 4.78 is 5.39. The zero-order valence-electron chi connectivity index (χ0n) is 13.7. The summed E-state index contributed by atoms with van der Waals surface area (Å²) in [6.45, 7) is 6.01. The topological polar surface area (TPSA) is 46.5 Å². The fourth-order valence-electron chi connectivity index (χ4n) is 2.40. The molecular weight excluding hydrogens is 252 g/mol. The predicted molar refractivity (Wildman–Crippen MR) is 84.1 cm³/mol. The van der Waals surface area contributed by atoms with Crippen molar-refractivity contribution in [3.8, 4) is 0 Å². The van der Waals surface area contributed by atoms with Gasteiger partial charge in [0.25, 0.3) is 0 Å². The van der Waals surface area contributed by atoms with Gasteiger partial charge in [-0.05, 0) is 20.3 Å².